The quantitative estimate of drug-likeness (QED) is 0.328. The molecule has 0 aromatic heterocycles. The highest BCUT2D eigenvalue weighted by Crippen LogP contribution is 2.05. The van der Waals surface area contributed by atoms with Gasteiger partial charge in [0.15, 0.2) is 0 Å². The van der Waals surface area contributed by atoms with Gasteiger partial charge in [0.25, 0.3) is 0 Å². The average Bonchev–Trinajstić information content (AvgIpc) is 2.39. The molecule has 0 aliphatic heterocycles. The van der Waals surface area contributed by atoms with Gasteiger partial charge in [-0.1, -0.05) is 13.5 Å². The summed E-state index contributed by atoms with van der Waals surface area (Å²) >= 11 is 1.73. The highest BCUT2D eigenvalue weighted by molar-refractivity contribution is 7.99. The smallest absolute Gasteiger partial charge is 0.330 e. The largest absolute Gasteiger partial charge is 0.462 e. The van der Waals surface area contributed by atoms with E-state index in [2.05, 4.69) is 13.5 Å². The Balaban J connectivity index is 3.43. The third-order valence-corrected chi connectivity index (χ3v) is 3.09. The third kappa shape index (κ3) is 11.8. The van der Waals surface area contributed by atoms with E-state index in [0.717, 1.165) is 17.6 Å². The highest BCUT2D eigenvalue weighted by atomic mass is 32.2. The zero-order valence-electron chi connectivity index (χ0n) is 11.6. The second kappa shape index (κ2) is 12.0. The van der Waals surface area contributed by atoms with Gasteiger partial charge < -0.3 is 14.2 Å². The third-order valence-electron chi connectivity index (χ3n) is 1.98. The lowest BCUT2D eigenvalue weighted by Crippen LogP contribution is -2.19. The molecule has 0 saturated heterocycles. The molecule has 6 heteroatoms. The fourth-order valence-electron chi connectivity index (χ4n) is 1.12. The SMILES string of the molecule is C=CC(=O)OCCOCCC(=O)OC(C)CSCC. The average molecular weight is 290 g/mol. The lowest BCUT2D eigenvalue weighted by atomic mass is 10.4. The molecule has 0 amide bonds. The van der Waals surface area contributed by atoms with E-state index in [-0.39, 0.29) is 38.3 Å². The van der Waals surface area contributed by atoms with Crippen molar-refractivity contribution in [2.24, 2.45) is 0 Å². The van der Waals surface area contributed by atoms with Crippen molar-refractivity contribution in [3.05, 3.63) is 12.7 Å². The van der Waals surface area contributed by atoms with E-state index in [1.54, 1.807) is 11.8 Å². The maximum Gasteiger partial charge on any atom is 0.330 e. The van der Waals surface area contributed by atoms with E-state index in [9.17, 15) is 9.59 Å². The molecular formula is C13H22O5S. The predicted octanol–water partition coefficient (Wildman–Crippen LogP) is 1.81. The summed E-state index contributed by atoms with van der Waals surface area (Å²) in [6.45, 7) is 7.88. The molecule has 0 aliphatic rings. The number of ether oxygens (including phenoxy) is 3. The minimum Gasteiger partial charge on any atom is -0.462 e. The number of carbonyl (C=O) groups is 2. The van der Waals surface area contributed by atoms with Gasteiger partial charge in [-0.15, -0.1) is 0 Å². The van der Waals surface area contributed by atoms with E-state index in [1.165, 1.54) is 0 Å². The van der Waals surface area contributed by atoms with Crippen molar-refractivity contribution >= 4 is 23.7 Å². The Morgan fingerprint density at radius 1 is 1.32 bits per heavy atom. The van der Waals surface area contributed by atoms with E-state index >= 15 is 0 Å². The van der Waals surface area contributed by atoms with Crippen molar-refractivity contribution < 1.29 is 23.8 Å². The molecule has 110 valence electrons. The maximum absolute atomic E-state index is 11.4. The first-order valence-electron chi connectivity index (χ1n) is 6.24. The zero-order chi connectivity index (χ0) is 14.5. The first kappa shape index (κ1) is 18.0. The number of carbonyl (C=O) groups excluding carboxylic acids is 2. The number of hydrogen-bond acceptors (Lipinski definition) is 6. The van der Waals surface area contributed by atoms with Crippen LogP contribution in [0.2, 0.25) is 0 Å². The van der Waals surface area contributed by atoms with Gasteiger partial charge in [0.05, 0.1) is 19.6 Å². The van der Waals surface area contributed by atoms with E-state index < -0.39 is 5.97 Å². The minimum absolute atomic E-state index is 0.0778. The lowest BCUT2D eigenvalue weighted by molar-refractivity contribution is -0.149. The fraction of sp³-hybridized carbons (Fsp3) is 0.692. The van der Waals surface area contributed by atoms with Gasteiger partial charge in [-0.3, -0.25) is 4.79 Å². The van der Waals surface area contributed by atoms with Gasteiger partial charge in [-0.2, -0.15) is 11.8 Å². The van der Waals surface area contributed by atoms with Crippen LogP contribution in [0.15, 0.2) is 12.7 Å². The van der Waals surface area contributed by atoms with Crippen LogP contribution in [-0.2, 0) is 23.8 Å². The Labute approximate surface area is 118 Å². The molecule has 0 N–H and O–H groups in total. The molecule has 5 nitrogen and oxygen atoms in total. The normalized spacial score (nSPS) is 11.7. The standard InChI is InChI=1S/C13H22O5S/c1-4-12(14)17-9-8-16-7-6-13(15)18-11(3)10-19-5-2/h4,11H,1,5-10H2,2-3H3. The second-order valence-corrected chi connectivity index (χ2v) is 5.01. The molecular weight excluding hydrogens is 268 g/mol. The molecule has 19 heavy (non-hydrogen) atoms. The molecule has 1 unspecified atom stereocenters. The predicted molar refractivity (Wildman–Crippen MR) is 75.1 cm³/mol. The van der Waals surface area contributed by atoms with Gasteiger partial charge in [0.1, 0.15) is 12.7 Å². The molecule has 0 radical (unpaired) electrons. The van der Waals surface area contributed by atoms with Crippen LogP contribution >= 0.6 is 11.8 Å². The van der Waals surface area contributed by atoms with E-state index in [0.29, 0.717) is 0 Å². The summed E-state index contributed by atoms with van der Waals surface area (Å²) in [5, 5.41) is 0. The van der Waals surface area contributed by atoms with Gasteiger partial charge in [0, 0.05) is 11.8 Å². The summed E-state index contributed by atoms with van der Waals surface area (Å²) < 4.78 is 15.0. The highest BCUT2D eigenvalue weighted by Gasteiger charge is 2.09. The molecule has 0 rings (SSSR count). The van der Waals surface area contributed by atoms with Gasteiger partial charge >= 0.3 is 11.9 Å². The first-order chi connectivity index (χ1) is 9.10. The molecule has 0 saturated carbocycles. The zero-order valence-corrected chi connectivity index (χ0v) is 12.4. The fourth-order valence-corrected chi connectivity index (χ4v) is 1.75. The van der Waals surface area contributed by atoms with Gasteiger partial charge in [0.2, 0.25) is 0 Å². The lowest BCUT2D eigenvalue weighted by Gasteiger charge is -2.12. The van der Waals surface area contributed by atoms with Crippen molar-refractivity contribution in [3.8, 4) is 0 Å². The number of esters is 2. The molecule has 0 bridgehead atoms. The summed E-state index contributed by atoms with van der Waals surface area (Å²) in [5.41, 5.74) is 0. The molecule has 0 heterocycles. The number of hydrogen-bond donors (Lipinski definition) is 0. The van der Waals surface area contributed by atoms with Crippen molar-refractivity contribution in [3.63, 3.8) is 0 Å². The van der Waals surface area contributed by atoms with E-state index in [4.69, 9.17) is 14.2 Å². The monoisotopic (exact) mass is 290 g/mol. The number of rotatable bonds is 11. The molecule has 1 atom stereocenters. The Bertz CT molecular complexity index is 280. The van der Waals surface area contributed by atoms with Crippen molar-refractivity contribution in [1.82, 2.24) is 0 Å². The van der Waals surface area contributed by atoms with Crippen LogP contribution in [-0.4, -0.2) is 49.4 Å². The van der Waals surface area contributed by atoms with E-state index in [1.807, 2.05) is 6.92 Å². The van der Waals surface area contributed by atoms with Crippen LogP contribution in [0.5, 0.6) is 0 Å². The molecule has 0 aromatic rings. The Hall–Kier alpha value is -1.01. The Kier molecular flexibility index (Phi) is 11.4. The Morgan fingerprint density at radius 2 is 2.05 bits per heavy atom. The minimum atomic E-state index is -0.481. The summed E-state index contributed by atoms with van der Waals surface area (Å²) in [6, 6.07) is 0. The van der Waals surface area contributed by atoms with Crippen molar-refractivity contribution in [2.75, 3.05) is 31.3 Å². The van der Waals surface area contributed by atoms with Crippen LogP contribution < -0.4 is 0 Å². The van der Waals surface area contributed by atoms with Crippen LogP contribution in [0.1, 0.15) is 20.3 Å². The summed E-state index contributed by atoms with van der Waals surface area (Å²) in [4.78, 5) is 22.1. The summed E-state index contributed by atoms with van der Waals surface area (Å²) in [7, 11) is 0. The van der Waals surface area contributed by atoms with Gasteiger partial charge in [-0.05, 0) is 12.7 Å². The Morgan fingerprint density at radius 3 is 2.68 bits per heavy atom. The summed E-state index contributed by atoms with van der Waals surface area (Å²) in [6.07, 6.45) is 1.22. The topological polar surface area (TPSA) is 61.8 Å². The molecule has 0 fully saturated rings. The van der Waals surface area contributed by atoms with Crippen molar-refractivity contribution in [2.45, 2.75) is 26.4 Å². The second-order valence-electron chi connectivity index (χ2n) is 3.69. The van der Waals surface area contributed by atoms with Crippen LogP contribution in [0.4, 0.5) is 0 Å². The van der Waals surface area contributed by atoms with Crippen LogP contribution in [0, 0.1) is 0 Å². The molecule has 0 spiro atoms. The van der Waals surface area contributed by atoms with Crippen LogP contribution in [0.3, 0.4) is 0 Å². The molecule has 0 aromatic carbocycles. The van der Waals surface area contributed by atoms with Crippen LogP contribution in [0.25, 0.3) is 0 Å². The van der Waals surface area contributed by atoms with Gasteiger partial charge in [-0.25, -0.2) is 4.79 Å². The first-order valence-corrected chi connectivity index (χ1v) is 7.39. The molecule has 0 aliphatic carbocycles. The maximum atomic E-state index is 11.4. The summed E-state index contributed by atoms with van der Waals surface area (Å²) in [5.74, 6) is 1.06. The number of thioether (sulfide) groups is 1. The van der Waals surface area contributed by atoms with Crippen molar-refractivity contribution in [1.29, 1.82) is 0 Å².